The molecule has 1 aromatic carbocycles. The lowest BCUT2D eigenvalue weighted by Crippen LogP contribution is -2.33. The van der Waals surface area contributed by atoms with E-state index in [1.807, 2.05) is 40.8 Å². The van der Waals surface area contributed by atoms with Gasteiger partial charge in [0.15, 0.2) is 11.9 Å². The first-order chi connectivity index (χ1) is 7.29. The predicted octanol–water partition coefficient (Wildman–Crippen LogP) is 1.40. The number of rotatable bonds is 3. The average molecular weight is 200 g/mol. The Morgan fingerprint density at radius 1 is 1.40 bits per heavy atom. The van der Waals surface area contributed by atoms with Gasteiger partial charge in [0.2, 0.25) is 0 Å². The molecule has 2 rings (SSSR count). The molecule has 1 aromatic heterocycles. The standard InChI is InChI=1S/C12H14N3/c1-3-12-10-15(13-14(12)2)9-11-7-5-4-6-8-11/h3-8,10H,1,9H2,2H3/q+1. The number of benzene rings is 1. The quantitative estimate of drug-likeness (QED) is 0.686. The van der Waals surface area contributed by atoms with Gasteiger partial charge in [-0.25, -0.2) is 0 Å². The molecule has 0 aliphatic carbocycles. The van der Waals surface area contributed by atoms with Crippen LogP contribution in [-0.2, 0) is 13.6 Å². The van der Waals surface area contributed by atoms with Crippen molar-refractivity contribution in [2.45, 2.75) is 6.54 Å². The van der Waals surface area contributed by atoms with Gasteiger partial charge in [-0.3, -0.25) is 0 Å². The third-order valence-electron chi connectivity index (χ3n) is 2.30. The van der Waals surface area contributed by atoms with Gasteiger partial charge in [0, 0.05) is 0 Å². The van der Waals surface area contributed by atoms with Crippen LogP contribution in [0.4, 0.5) is 0 Å². The topological polar surface area (TPSA) is 21.7 Å². The van der Waals surface area contributed by atoms with Crippen LogP contribution in [0.3, 0.4) is 0 Å². The Bertz CT molecular complexity index is 457. The van der Waals surface area contributed by atoms with Crippen molar-refractivity contribution in [1.29, 1.82) is 0 Å². The zero-order chi connectivity index (χ0) is 10.7. The van der Waals surface area contributed by atoms with Crippen LogP contribution in [0.1, 0.15) is 11.3 Å². The third kappa shape index (κ3) is 2.13. The van der Waals surface area contributed by atoms with Gasteiger partial charge in [-0.1, -0.05) is 36.9 Å². The van der Waals surface area contributed by atoms with Crippen LogP contribution in [0.5, 0.6) is 0 Å². The van der Waals surface area contributed by atoms with Gasteiger partial charge in [0.25, 0.3) is 0 Å². The fourth-order valence-corrected chi connectivity index (χ4v) is 1.52. The second-order valence-electron chi connectivity index (χ2n) is 3.45. The minimum atomic E-state index is 0.794. The van der Waals surface area contributed by atoms with E-state index in [0.717, 1.165) is 12.2 Å². The van der Waals surface area contributed by atoms with E-state index in [4.69, 9.17) is 0 Å². The molecule has 0 bridgehead atoms. The van der Waals surface area contributed by atoms with Crippen LogP contribution in [0.15, 0.2) is 43.1 Å². The lowest BCUT2D eigenvalue weighted by Gasteiger charge is -1.93. The summed E-state index contributed by atoms with van der Waals surface area (Å²) in [6.07, 6.45) is 3.79. The monoisotopic (exact) mass is 200 g/mol. The molecule has 0 atom stereocenters. The maximum atomic E-state index is 4.34. The summed E-state index contributed by atoms with van der Waals surface area (Å²) in [4.78, 5) is 0. The Kier molecular flexibility index (Phi) is 2.63. The fraction of sp³-hybridized carbons (Fsp3) is 0.167. The van der Waals surface area contributed by atoms with Crippen LogP contribution in [0.2, 0.25) is 0 Å². The molecule has 0 aliphatic heterocycles. The van der Waals surface area contributed by atoms with Crippen LogP contribution >= 0.6 is 0 Å². The van der Waals surface area contributed by atoms with Crippen LogP contribution in [0.25, 0.3) is 6.08 Å². The SMILES string of the molecule is C=Cc1cn(Cc2ccccc2)n[n+]1C. The summed E-state index contributed by atoms with van der Waals surface area (Å²) in [6, 6.07) is 10.3. The van der Waals surface area contributed by atoms with Crippen LogP contribution in [-0.4, -0.2) is 9.90 Å². The molecule has 0 aliphatic rings. The smallest absolute Gasteiger partial charge is 0.133 e. The van der Waals surface area contributed by atoms with E-state index in [0.29, 0.717) is 0 Å². The molecular formula is C12H14N3+. The minimum absolute atomic E-state index is 0.794. The van der Waals surface area contributed by atoms with E-state index in [9.17, 15) is 0 Å². The first-order valence-electron chi connectivity index (χ1n) is 4.90. The molecule has 76 valence electrons. The van der Waals surface area contributed by atoms with Crippen LogP contribution < -0.4 is 4.68 Å². The number of hydrogen-bond acceptors (Lipinski definition) is 1. The van der Waals surface area contributed by atoms with Crippen molar-refractivity contribution in [2.24, 2.45) is 7.05 Å². The van der Waals surface area contributed by atoms with Gasteiger partial charge in [-0.2, -0.15) is 0 Å². The van der Waals surface area contributed by atoms with Gasteiger partial charge in [-0.15, -0.1) is 9.36 Å². The minimum Gasteiger partial charge on any atom is -0.133 e. The van der Waals surface area contributed by atoms with Crippen molar-refractivity contribution in [2.75, 3.05) is 0 Å². The molecule has 0 N–H and O–H groups in total. The molecule has 15 heavy (non-hydrogen) atoms. The zero-order valence-electron chi connectivity index (χ0n) is 8.80. The Labute approximate surface area is 89.3 Å². The van der Waals surface area contributed by atoms with Crippen molar-refractivity contribution in [3.8, 4) is 0 Å². The highest BCUT2D eigenvalue weighted by Crippen LogP contribution is 2.01. The van der Waals surface area contributed by atoms with E-state index < -0.39 is 0 Å². The first-order valence-corrected chi connectivity index (χ1v) is 4.90. The summed E-state index contributed by atoms with van der Waals surface area (Å²) in [5.41, 5.74) is 2.27. The lowest BCUT2D eigenvalue weighted by molar-refractivity contribution is -0.733. The first kappa shape index (κ1) is 9.65. The molecular weight excluding hydrogens is 186 g/mol. The lowest BCUT2D eigenvalue weighted by atomic mass is 10.2. The van der Waals surface area contributed by atoms with E-state index in [1.165, 1.54) is 5.56 Å². The van der Waals surface area contributed by atoms with Crippen LogP contribution in [0, 0.1) is 0 Å². The highest BCUT2D eigenvalue weighted by molar-refractivity contribution is 5.35. The zero-order valence-corrected chi connectivity index (χ0v) is 8.80. The second kappa shape index (κ2) is 4.09. The van der Waals surface area contributed by atoms with Crippen molar-refractivity contribution in [1.82, 2.24) is 9.90 Å². The largest absolute Gasteiger partial charge is 0.189 e. The highest BCUT2D eigenvalue weighted by atomic mass is 15.5. The van der Waals surface area contributed by atoms with E-state index in [2.05, 4.69) is 23.9 Å². The van der Waals surface area contributed by atoms with Crippen molar-refractivity contribution in [3.05, 3.63) is 54.4 Å². The van der Waals surface area contributed by atoms with E-state index in [-0.39, 0.29) is 0 Å². The number of hydrogen-bond donors (Lipinski definition) is 0. The van der Waals surface area contributed by atoms with E-state index >= 15 is 0 Å². The average Bonchev–Trinajstić information content (AvgIpc) is 2.60. The molecule has 0 saturated carbocycles. The molecule has 0 radical (unpaired) electrons. The summed E-state index contributed by atoms with van der Waals surface area (Å²) < 4.78 is 3.72. The normalized spacial score (nSPS) is 10.2. The molecule has 3 heteroatoms. The number of aryl methyl sites for hydroxylation is 1. The fourth-order valence-electron chi connectivity index (χ4n) is 1.52. The van der Waals surface area contributed by atoms with Crippen molar-refractivity contribution < 1.29 is 4.68 Å². The summed E-state index contributed by atoms with van der Waals surface area (Å²) in [7, 11) is 1.92. The Morgan fingerprint density at radius 3 is 2.73 bits per heavy atom. The maximum absolute atomic E-state index is 4.34. The number of aromatic nitrogens is 3. The summed E-state index contributed by atoms with van der Waals surface area (Å²) in [5, 5.41) is 4.34. The molecule has 2 aromatic rings. The Balaban J connectivity index is 2.21. The summed E-state index contributed by atoms with van der Waals surface area (Å²) >= 11 is 0. The molecule has 0 spiro atoms. The molecule has 1 heterocycles. The van der Waals surface area contributed by atoms with Gasteiger partial charge in [-0.05, 0) is 11.6 Å². The van der Waals surface area contributed by atoms with E-state index in [1.54, 1.807) is 6.08 Å². The van der Waals surface area contributed by atoms with Gasteiger partial charge >= 0.3 is 0 Å². The second-order valence-corrected chi connectivity index (χ2v) is 3.45. The van der Waals surface area contributed by atoms with Gasteiger partial charge in [0.1, 0.15) is 13.6 Å². The Morgan fingerprint density at radius 2 is 2.13 bits per heavy atom. The predicted molar refractivity (Wildman–Crippen MR) is 59.0 cm³/mol. The molecule has 0 amide bonds. The summed E-state index contributed by atoms with van der Waals surface area (Å²) in [6.45, 7) is 4.53. The third-order valence-corrected chi connectivity index (χ3v) is 2.30. The Hall–Kier alpha value is -1.90. The number of nitrogens with zero attached hydrogens (tertiary/aromatic N) is 3. The molecule has 0 unspecified atom stereocenters. The molecule has 3 nitrogen and oxygen atoms in total. The highest BCUT2D eigenvalue weighted by Gasteiger charge is 2.08. The summed E-state index contributed by atoms with van der Waals surface area (Å²) in [5.74, 6) is 0. The van der Waals surface area contributed by atoms with Gasteiger partial charge < -0.3 is 0 Å². The molecule has 0 saturated heterocycles. The molecule has 0 fully saturated rings. The maximum Gasteiger partial charge on any atom is 0.189 e. The van der Waals surface area contributed by atoms with Gasteiger partial charge in [0.05, 0.1) is 5.21 Å². The van der Waals surface area contributed by atoms with Crippen molar-refractivity contribution >= 4 is 6.08 Å². The van der Waals surface area contributed by atoms with Crippen molar-refractivity contribution in [3.63, 3.8) is 0 Å².